The average molecular weight is 536 g/mol. The molecule has 0 radical (unpaired) electrons. The molecule has 1 aliphatic rings. The Hall–Kier alpha value is 0.870. The zero-order valence-corrected chi connectivity index (χ0v) is 21.3. The maximum absolute atomic E-state index is 11.9. The van der Waals surface area contributed by atoms with Gasteiger partial charge in [0.05, 0.1) is 20.5 Å². The number of ether oxygens (including phenoxy) is 1. The molecule has 176 valence electrons. The maximum Gasteiger partial charge on any atom is 1.00 e. The fraction of sp³-hybridized carbons (Fsp3) is 0.500. The van der Waals surface area contributed by atoms with Crippen LogP contribution in [0.25, 0.3) is 0 Å². The Kier molecular flexibility index (Phi) is 17.8. The molecule has 0 spiro atoms. The molecule has 0 saturated carbocycles. The number of rotatable bonds is 9. The Balaban J connectivity index is -0.00000256. The molecule has 2 heterocycles. The predicted octanol–water partition coefficient (Wildman–Crippen LogP) is -16.3. The number of carboxylic acids is 1. The van der Waals surface area contributed by atoms with E-state index in [9.17, 15) is 52.8 Å². The molecule has 0 bridgehead atoms. The Morgan fingerprint density at radius 2 is 1.63 bits per heavy atom. The Morgan fingerprint density at radius 1 is 1.09 bits per heavy atom. The predicted molar refractivity (Wildman–Crippen MR) is 83.8 cm³/mol. The average Bonchev–Trinajstić information content (AvgIpc) is 2.90. The van der Waals surface area contributed by atoms with Crippen molar-refractivity contribution in [2.24, 2.45) is 0 Å². The third-order valence-corrected chi connectivity index (χ3v) is 7.17. The van der Waals surface area contributed by atoms with Gasteiger partial charge in [-0.15, -0.1) is 0 Å². The molecule has 25 heteroatoms. The first-order valence-electron chi connectivity index (χ1n) is 7.63. The summed E-state index contributed by atoms with van der Waals surface area (Å²) in [5.74, 6) is -1.68. The second-order valence-corrected chi connectivity index (χ2v) is 10.00. The van der Waals surface area contributed by atoms with Gasteiger partial charge in [-0.05, 0) is 0 Å². The van der Waals surface area contributed by atoms with Gasteiger partial charge in [0, 0.05) is 12.6 Å². The van der Waals surface area contributed by atoms with Crippen LogP contribution >= 0.6 is 23.5 Å². The van der Waals surface area contributed by atoms with Gasteiger partial charge in [-0.2, -0.15) is 0 Å². The van der Waals surface area contributed by atoms with Crippen LogP contribution in [0.4, 0.5) is 0 Å². The number of phosphoric ester groups is 1. The van der Waals surface area contributed by atoms with E-state index in [2.05, 4.69) is 13.1 Å². The minimum atomic E-state index is -6.18. The van der Waals surface area contributed by atoms with Crippen LogP contribution in [0.1, 0.15) is 23.0 Å². The quantitative estimate of drug-likeness (QED) is 0.195. The first kappa shape index (κ1) is 40.4. The van der Waals surface area contributed by atoms with E-state index in [0.717, 1.165) is 0 Å². The van der Waals surface area contributed by atoms with Crippen molar-refractivity contribution in [2.45, 2.75) is 24.9 Å². The second kappa shape index (κ2) is 15.5. The van der Waals surface area contributed by atoms with Gasteiger partial charge < -0.3 is 43.6 Å². The fourth-order valence-electron chi connectivity index (χ4n) is 2.34. The number of phosphoric acid groups is 3. The molecule has 3 N–H and O–H groups in total. The number of carbonyl (C=O) groups is 1. The summed E-state index contributed by atoms with van der Waals surface area (Å²) >= 11 is 0. The van der Waals surface area contributed by atoms with Crippen molar-refractivity contribution in [1.29, 1.82) is 0 Å². The van der Waals surface area contributed by atoms with E-state index in [-0.39, 0.29) is 75.4 Å². The molecule has 1 fully saturated rings. The molecule has 5 unspecified atom stereocenters. The topological polar surface area (TPSA) is 293 Å². The molecular weight excluding hydrogens is 525 g/mol. The number of carboxylic acid groups (broad SMARTS) is 1. The van der Waals surface area contributed by atoms with E-state index < -0.39 is 77.7 Å². The summed E-state index contributed by atoms with van der Waals surface area (Å²) in [6, 6.07) is 0. The molecule has 1 aliphatic heterocycles. The van der Waals surface area contributed by atoms with Crippen molar-refractivity contribution in [3.63, 3.8) is 0 Å². The zero-order chi connectivity index (χ0) is 23.8. The Labute approximate surface area is 243 Å². The number of nitrogens with one attached hydrogen (secondary N) is 1. The first-order chi connectivity index (χ1) is 14.0. The van der Waals surface area contributed by atoms with Crippen LogP contribution in [0.15, 0.2) is 15.8 Å². The standard InChI is InChI=1S/C10H15N2O16P3.4Li/c13-5-1-7(12-2-4(9(15)16)8(14)11-10(12)17)26-6(5)3-25-30(21,22)28-31(23,24)27-29(18,19)20;;;;/h2,5-7,13H,1,3H2,(H,15,16)(H,21,22)(H,23,24)(H,11,14,17)(H2,18,19,20);;;;/q;4*+1/p-4. The number of hydrogen-bond donors (Lipinski definition) is 3. The molecule has 0 aromatic carbocycles. The van der Waals surface area contributed by atoms with E-state index in [1.165, 1.54) is 0 Å². The summed E-state index contributed by atoms with van der Waals surface area (Å²) in [5.41, 5.74) is -3.16. The van der Waals surface area contributed by atoms with Crippen molar-refractivity contribution in [1.82, 2.24) is 9.55 Å². The summed E-state index contributed by atoms with van der Waals surface area (Å²) in [6.07, 6.45) is -4.25. The van der Waals surface area contributed by atoms with Crippen molar-refractivity contribution < 1.29 is 142 Å². The molecular formula is C10H11Li4N2O16P3. The van der Waals surface area contributed by atoms with E-state index >= 15 is 0 Å². The van der Waals surface area contributed by atoms with Crippen LogP contribution in [0.3, 0.4) is 0 Å². The third kappa shape index (κ3) is 12.5. The molecule has 0 amide bonds. The summed E-state index contributed by atoms with van der Waals surface area (Å²) in [5, 5.41) is 18.8. The molecule has 5 atom stereocenters. The van der Waals surface area contributed by atoms with Crippen molar-refractivity contribution in [3.05, 3.63) is 32.6 Å². The number of H-pyrrole nitrogens is 1. The van der Waals surface area contributed by atoms with Crippen LogP contribution in [0.2, 0.25) is 0 Å². The fourth-order valence-corrected chi connectivity index (χ4v) is 5.20. The van der Waals surface area contributed by atoms with Crippen LogP contribution in [0.5, 0.6) is 0 Å². The molecule has 1 saturated heterocycles. The summed E-state index contributed by atoms with van der Waals surface area (Å²) in [6.45, 7) is -1.12. The molecule has 18 nitrogen and oxygen atoms in total. The zero-order valence-electron chi connectivity index (χ0n) is 18.6. The van der Waals surface area contributed by atoms with Gasteiger partial charge in [0.15, 0.2) is 0 Å². The van der Waals surface area contributed by atoms with E-state index in [4.69, 9.17) is 9.84 Å². The van der Waals surface area contributed by atoms with E-state index in [0.29, 0.717) is 10.8 Å². The number of aromatic nitrogens is 2. The van der Waals surface area contributed by atoms with Gasteiger partial charge in [0.25, 0.3) is 21.2 Å². The van der Waals surface area contributed by atoms with Gasteiger partial charge in [0.2, 0.25) is 0 Å². The minimum Gasteiger partial charge on any atom is -0.790 e. The number of aromatic amines is 1. The smallest absolute Gasteiger partial charge is 0.790 e. The maximum atomic E-state index is 11.9. The summed E-state index contributed by atoms with van der Waals surface area (Å²) in [7, 11) is -18.2. The summed E-state index contributed by atoms with van der Waals surface area (Å²) in [4.78, 5) is 79.1. The first-order valence-corrected chi connectivity index (χ1v) is 12.0. The monoisotopic (exact) mass is 536 g/mol. The van der Waals surface area contributed by atoms with Crippen LogP contribution in [0, 0.1) is 0 Å². The van der Waals surface area contributed by atoms with Gasteiger partial charge >= 0.3 is 87.1 Å². The largest absolute Gasteiger partial charge is 1.00 e. The van der Waals surface area contributed by atoms with Gasteiger partial charge in [-0.25, -0.2) is 13.9 Å². The summed E-state index contributed by atoms with van der Waals surface area (Å²) < 4.78 is 49.0. The van der Waals surface area contributed by atoms with Gasteiger partial charge in [-0.3, -0.25) is 27.8 Å². The minimum absolute atomic E-state index is 0. The van der Waals surface area contributed by atoms with Gasteiger partial charge in [0.1, 0.15) is 17.9 Å². The van der Waals surface area contributed by atoms with Crippen LogP contribution in [-0.2, 0) is 31.6 Å². The number of aromatic carboxylic acids is 1. The van der Waals surface area contributed by atoms with Crippen molar-refractivity contribution in [3.8, 4) is 0 Å². The molecule has 0 aliphatic carbocycles. The van der Waals surface area contributed by atoms with E-state index in [1.807, 2.05) is 0 Å². The molecule has 1 aromatic rings. The van der Waals surface area contributed by atoms with Crippen molar-refractivity contribution in [2.75, 3.05) is 6.61 Å². The SMILES string of the molecule is O=C(O)c1cn(C2CC(O)C(COP(=O)([O-])OP(=O)([O-])OP(=O)([O-])[O-])O2)c(=O)[nH]c1=O.[Li+].[Li+].[Li+].[Li+]. The molecule has 35 heavy (non-hydrogen) atoms. The number of hydrogen-bond acceptors (Lipinski definition) is 15. The van der Waals surface area contributed by atoms with Crippen LogP contribution in [-0.4, -0.2) is 44.5 Å². The third-order valence-electron chi connectivity index (χ3n) is 3.51. The Bertz CT molecular complexity index is 1120. The van der Waals surface area contributed by atoms with Crippen LogP contribution < -0.4 is 106 Å². The normalized spacial score (nSPS) is 22.7. The Morgan fingerprint density at radius 3 is 2.11 bits per heavy atom. The van der Waals surface area contributed by atoms with Gasteiger partial charge in [-0.1, -0.05) is 0 Å². The second-order valence-electron chi connectivity index (χ2n) is 5.75. The molecule has 1 aromatic heterocycles. The molecule has 2 rings (SSSR count). The van der Waals surface area contributed by atoms with Crippen molar-refractivity contribution >= 4 is 29.4 Å². The number of aliphatic hydroxyl groups excluding tert-OH is 1. The number of nitrogens with zero attached hydrogens (tertiary/aromatic N) is 1. The van der Waals surface area contributed by atoms with E-state index in [1.54, 1.807) is 4.98 Å². The number of aliphatic hydroxyl groups is 1.